The van der Waals surface area contributed by atoms with Gasteiger partial charge in [0.25, 0.3) is 0 Å². The zero-order valence-corrected chi connectivity index (χ0v) is 13.0. The maximum absolute atomic E-state index is 11.7. The van der Waals surface area contributed by atoms with E-state index in [2.05, 4.69) is 20.8 Å². The number of benzene rings is 1. The van der Waals surface area contributed by atoms with Crippen molar-refractivity contribution in [2.75, 3.05) is 20.8 Å². The molecule has 1 aromatic heterocycles. The molecule has 1 aromatic carbocycles. The average Bonchev–Trinajstić information content (AvgIpc) is 3.10. The van der Waals surface area contributed by atoms with E-state index in [-0.39, 0.29) is 12.6 Å². The van der Waals surface area contributed by atoms with Gasteiger partial charge in [-0.05, 0) is 24.3 Å². The molecule has 1 unspecified atom stereocenters. The molecule has 1 atom stereocenters. The van der Waals surface area contributed by atoms with Crippen LogP contribution in [0.4, 0.5) is 4.79 Å². The fraction of sp³-hybridized carbons (Fsp3) is 0.333. The van der Waals surface area contributed by atoms with Gasteiger partial charge in [0, 0.05) is 18.3 Å². The highest BCUT2D eigenvalue weighted by Crippen LogP contribution is 2.28. The summed E-state index contributed by atoms with van der Waals surface area (Å²) in [5.41, 5.74) is 1.33. The van der Waals surface area contributed by atoms with Gasteiger partial charge in [-0.25, -0.2) is 4.79 Å². The predicted octanol–water partition coefficient (Wildman–Crippen LogP) is 0.960. The second kappa shape index (κ2) is 8.04. The van der Waals surface area contributed by atoms with Crippen LogP contribution in [0.2, 0.25) is 0 Å². The van der Waals surface area contributed by atoms with Gasteiger partial charge in [-0.1, -0.05) is 0 Å². The number of rotatable bonds is 7. The monoisotopic (exact) mass is 320 g/mol. The first kappa shape index (κ1) is 16.6. The second-order valence-electron chi connectivity index (χ2n) is 4.77. The molecule has 0 aliphatic carbocycles. The first-order valence-corrected chi connectivity index (χ1v) is 7.04. The molecule has 0 aliphatic rings. The van der Waals surface area contributed by atoms with E-state index in [4.69, 9.17) is 9.47 Å². The molecule has 0 aliphatic heterocycles. The van der Waals surface area contributed by atoms with Gasteiger partial charge in [0.15, 0.2) is 0 Å². The van der Waals surface area contributed by atoms with Crippen LogP contribution in [-0.4, -0.2) is 42.1 Å². The lowest BCUT2D eigenvalue weighted by Gasteiger charge is -2.16. The Hall–Kier alpha value is -2.74. The number of hydrogen-bond donors (Lipinski definition) is 4. The van der Waals surface area contributed by atoms with E-state index in [1.807, 2.05) is 0 Å². The largest absolute Gasteiger partial charge is 0.497 e. The molecule has 2 aromatic rings. The Labute approximate surface area is 133 Å². The minimum absolute atomic E-state index is 0.0400. The number of H-pyrrole nitrogens is 1. The molecular formula is C15H20N4O4. The molecule has 2 rings (SSSR count). The number of hydrogen-bond acceptors (Lipinski definition) is 5. The van der Waals surface area contributed by atoms with E-state index >= 15 is 0 Å². The van der Waals surface area contributed by atoms with Crippen LogP contribution in [0.1, 0.15) is 17.4 Å². The number of aliphatic hydroxyl groups excluding tert-OH is 1. The van der Waals surface area contributed by atoms with Crippen LogP contribution in [0.25, 0.3) is 0 Å². The molecule has 0 fully saturated rings. The third-order valence-corrected chi connectivity index (χ3v) is 3.25. The summed E-state index contributed by atoms with van der Waals surface area (Å²) in [6, 6.07) is 6.49. The summed E-state index contributed by atoms with van der Waals surface area (Å²) in [5.74, 6) is 1.13. The minimum Gasteiger partial charge on any atom is -0.497 e. The fourth-order valence-corrected chi connectivity index (χ4v) is 2.02. The molecule has 2 amide bonds. The summed E-state index contributed by atoms with van der Waals surface area (Å²) in [7, 11) is 3.06. The Morgan fingerprint density at radius 3 is 2.78 bits per heavy atom. The molecule has 23 heavy (non-hydrogen) atoms. The van der Waals surface area contributed by atoms with Gasteiger partial charge < -0.3 is 25.2 Å². The molecule has 8 nitrogen and oxygen atoms in total. The molecule has 4 N–H and O–H groups in total. The first-order valence-electron chi connectivity index (χ1n) is 7.04. The number of aromatic nitrogens is 2. The van der Waals surface area contributed by atoms with Crippen LogP contribution >= 0.6 is 0 Å². The number of urea groups is 1. The number of carbonyl (C=O) groups is 1. The number of aromatic amines is 1. The summed E-state index contributed by atoms with van der Waals surface area (Å²) in [6.45, 7) is 0.364. The molecule has 0 spiro atoms. The molecule has 0 saturated heterocycles. The quantitative estimate of drug-likeness (QED) is 0.608. The van der Waals surface area contributed by atoms with E-state index in [1.165, 1.54) is 7.11 Å². The molecule has 0 radical (unpaired) electrons. The van der Waals surface area contributed by atoms with E-state index in [0.717, 1.165) is 5.69 Å². The smallest absolute Gasteiger partial charge is 0.315 e. The second-order valence-corrected chi connectivity index (χ2v) is 4.77. The summed E-state index contributed by atoms with van der Waals surface area (Å²) in [4.78, 5) is 11.7. The molecule has 0 bridgehead atoms. The van der Waals surface area contributed by atoms with E-state index in [1.54, 1.807) is 37.6 Å². The normalized spacial score (nSPS) is 11.6. The lowest BCUT2D eigenvalue weighted by Crippen LogP contribution is -2.37. The van der Waals surface area contributed by atoms with Crippen molar-refractivity contribution in [1.29, 1.82) is 0 Å². The number of ether oxygens (including phenoxy) is 2. The summed E-state index contributed by atoms with van der Waals surface area (Å²) < 4.78 is 10.3. The summed E-state index contributed by atoms with van der Waals surface area (Å²) >= 11 is 0. The lowest BCUT2D eigenvalue weighted by atomic mass is 10.1. The number of nitrogens with one attached hydrogen (secondary N) is 3. The van der Waals surface area contributed by atoms with Gasteiger partial charge in [0.2, 0.25) is 0 Å². The van der Waals surface area contributed by atoms with Crippen molar-refractivity contribution < 1.29 is 19.4 Å². The Balaban J connectivity index is 1.88. The first-order chi connectivity index (χ1) is 11.1. The third kappa shape index (κ3) is 4.62. The van der Waals surface area contributed by atoms with Crippen LogP contribution in [0.5, 0.6) is 11.5 Å². The van der Waals surface area contributed by atoms with Crippen LogP contribution in [-0.2, 0) is 6.54 Å². The van der Waals surface area contributed by atoms with Crippen molar-refractivity contribution in [3.63, 3.8) is 0 Å². The Morgan fingerprint density at radius 2 is 2.13 bits per heavy atom. The van der Waals surface area contributed by atoms with Crippen molar-refractivity contribution in [1.82, 2.24) is 20.8 Å². The third-order valence-electron chi connectivity index (χ3n) is 3.25. The standard InChI is InChI=1S/C15H20N4O4/c1-22-11-3-4-14(23-2)12(7-11)13(20)9-17-15(21)16-8-10-5-6-18-19-10/h3-7,13,20H,8-9H2,1-2H3,(H,18,19)(H2,16,17,21). The van der Waals surface area contributed by atoms with Gasteiger partial charge in [-0.2, -0.15) is 5.10 Å². The van der Waals surface area contributed by atoms with Crippen molar-refractivity contribution in [2.45, 2.75) is 12.6 Å². The van der Waals surface area contributed by atoms with Crippen LogP contribution < -0.4 is 20.1 Å². The number of carbonyl (C=O) groups excluding carboxylic acids is 1. The van der Waals surface area contributed by atoms with Gasteiger partial charge in [0.05, 0.1) is 26.5 Å². The van der Waals surface area contributed by atoms with E-state index in [0.29, 0.717) is 23.6 Å². The fourth-order valence-electron chi connectivity index (χ4n) is 2.02. The molecule has 1 heterocycles. The van der Waals surface area contributed by atoms with Gasteiger partial charge >= 0.3 is 6.03 Å². The van der Waals surface area contributed by atoms with Crippen LogP contribution in [0.15, 0.2) is 30.5 Å². The molecular weight excluding hydrogens is 300 g/mol. The molecule has 124 valence electrons. The topological polar surface area (TPSA) is 108 Å². The van der Waals surface area contributed by atoms with Gasteiger partial charge in [-0.15, -0.1) is 0 Å². The highest BCUT2D eigenvalue weighted by Gasteiger charge is 2.15. The number of methoxy groups -OCH3 is 2. The molecule has 0 saturated carbocycles. The molecule has 8 heteroatoms. The maximum atomic E-state index is 11.7. The van der Waals surface area contributed by atoms with Crippen molar-refractivity contribution in [3.8, 4) is 11.5 Å². The summed E-state index contributed by atoms with van der Waals surface area (Å²) in [5, 5.41) is 22.0. The maximum Gasteiger partial charge on any atom is 0.315 e. The van der Waals surface area contributed by atoms with Crippen molar-refractivity contribution in [2.24, 2.45) is 0 Å². The Bertz CT molecular complexity index is 630. The Kier molecular flexibility index (Phi) is 5.81. The van der Waals surface area contributed by atoms with Crippen molar-refractivity contribution in [3.05, 3.63) is 41.7 Å². The van der Waals surface area contributed by atoms with E-state index < -0.39 is 6.10 Å². The number of aliphatic hydroxyl groups is 1. The van der Waals surface area contributed by atoms with Crippen LogP contribution in [0.3, 0.4) is 0 Å². The zero-order valence-electron chi connectivity index (χ0n) is 13.0. The Morgan fingerprint density at radius 1 is 1.30 bits per heavy atom. The SMILES string of the molecule is COc1ccc(OC)c(C(O)CNC(=O)NCc2ccn[nH]2)c1. The number of nitrogens with zero attached hydrogens (tertiary/aromatic N) is 1. The van der Waals surface area contributed by atoms with Gasteiger partial charge in [0.1, 0.15) is 17.6 Å². The zero-order chi connectivity index (χ0) is 16.7. The summed E-state index contributed by atoms with van der Waals surface area (Å²) in [6.07, 6.45) is 0.686. The lowest BCUT2D eigenvalue weighted by molar-refractivity contribution is 0.169. The van der Waals surface area contributed by atoms with Crippen molar-refractivity contribution >= 4 is 6.03 Å². The van der Waals surface area contributed by atoms with Crippen LogP contribution in [0, 0.1) is 0 Å². The predicted molar refractivity (Wildman–Crippen MR) is 83.3 cm³/mol. The average molecular weight is 320 g/mol. The van der Waals surface area contributed by atoms with E-state index in [9.17, 15) is 9.90 Å². The van der Waals surface area contributed by atoms with Gasteiger partial charge in [-0.3, -0.25) is 5.10 Å². The minimum atomic E-state index is -0.919. The highest BCUT2D eigenvalue weighted by molar-refractivity contribution is 5.73. The number of amides is 2. The highest BCUT2D eigenvalue weighted by atomic mass is 16.5.